The van der Waals surface area contributed by atoms with Crippen LogP contribution in [0.4, 0.5) is 26.3 Å². The summed E-state index contributed by atoms with van der Waals surface area (Å²) in [4.78, 5) is 3.96. The van der Waals surface area contributed by atoms with Crippen LogP contribution < -0.4 is 4.74 Å². The van der Waals surface area contributed by atoms with Crippen molar-refractivity contribution in [1.82, 2.24) is 4.98 Å². The summed E-state index contributed by atoms with van der Waals surface area (Å²) in [6.07, 6.45) is -10.6. The Labute approximate surface area is 180 Å². The van der Waals surface area contributed by atoms with Crippen LogP contribution in [-0.2, 0) is 21.5 Å². The zero-order valence-electron chi connectivity index (χ0n) is 17.5. The van der Waals surface area contributed by atoms with Crippen molar-refractivity contribution in [2.75, 3.05) is 13.9 Å². The summed E-state index contributed by atoms with van der Waals surface area (Å²) in [6.45, 7) is 1.98. The summed E-state index contributed by atoms with van der Waals surface area (Å²) in [6, 6.07) is 5.36. The van der Waals surface area contributed by atoms with Crippen molar-refractivity contribution < 1.29 is 45.7 Å². The van der Waals surface area contributed by atoms with E-state index in [0.717, 1.165) is 19.2 Å². The van der Waals surface area contributed by atoms with Crippen molar-refractivity contribution >= 4 is 0 Å². The van der Waals surface area contributed by atoms with Crippen molar-refractivity contribution in [3.05, 3.63) is 53.3 Å². The smallest absolute Gasteiger partial charge is 0.430 e. The van der Waals surface area contributed by atoms with Crippen LogP contribution in [-0.4, -0.2) is 36.3 Å². The molecule has 32 heavy (non-hydrogen) atoms. The zero-order chi connectivity index (χ0) is 24.2. The van der Waals surface area contributed by atoms with Gasteiger partial charge in [0.1, 0.15) is 18.3 Å². The van der Waals surface area contributed by atoms with Gasteiger partial charge in [0.15, 0.2) is 0 Å². The Morgan fingerprint density at radius 3 is 2.22 bits per heavy atom. The van der Waals surface area contributed by atoms with Crippen molar-refractivity contribution in [3.63, 3.8) is 0 Å². The molecule has 0 amide bonds. The Morgan fingerprint density at radius 1 is 1.03 bits per heavy atom. The molecular weight excluding hydrogens is 444 g/mol. The van der Waals surface area contributed by atoms with Crippen LogP contribution in [0.2, 0.25) is 0 Å². The highest BCUT2D eigenvalue weighted by atomic mass is 19.4. The fraction of sp³-hybridized carbons (Fsp3) is 0.476. The lowest BCUT2D eigenvalue weighted by Gasteiger charge is -2.37. The summed E-state index contributed by atoms with van der Waals surface area (Å²) in [5.74, 6) is 0.290. The van der Waals surface area contributed by atoms with E-state index in [1.165, 1.54) is 25.3 Å². The van der Waals surface area contributed by atoms with Gasteiger partial charge in [0, 0.05) is 24.9 Å². The molecule has 0 radical (unpaired) electrons. The lowest BCUT2D eigenvalue weighted by molar-refractivity contribution is -0.400. The number of ether oxygens (including phenoxy) is 3. The third-order valence-corrected chi connectivity index (χ3v) is 4.59. The number of hydrogen-bond acceptors (Lipinski definition) is 5. The molecule has 11 heteroatoms. The predicted molar refractivity (Wildman–Crippen MR) is 102 cm³/mol. The topological polar surface area (TPSA) is 60.8 Å². The van der Waals surface area contributed by atoms with E-state index in [-0.39, 0.29) is 29.2 Å². The molecule has 0 aliphatic rings. The fourth-order valence-corrected chi connectivity index (χ4v) is 3.09. The molecule has 2 rings (SSSR count). The molecule has 2 aromatic rings. The third kappa shape index (κ3) is 5.33. The molecule has 1 N–H and O–H groups in total. The number of benzene rings is 1. The molecule has 1 aromatic heterocycles. The molecular formula is C21H23F6NO4. The quantitative estimate of drug-likeness (QED) is 0.372. The van der Waals surface area contributed by atoms with E-state index < -0.39 is 36.4 Å². The van der Waals surface area contributed by atoms with Gasteiger partial charge in [-0.2, -0.15) is 26.3 Å². The van der Waals surface area contributed by atoms with E-state index in [9.17, 15) is 31.4 Å². The first-order valence-corrected chi connectivity index (χ1v) is 9.59. The first kappa shape index (κ1) is 25.9. The summed E-state index contributed by atoms with van der Waals surface area (Å²) < 4.78 is 97.1. The zero-order valence-corrected chi connectivity index (χ0v) is 17.5. The number of halogens is 6. The Kier molecular flexibility index (Phi) is 8.13. The minimum Gasteiger partial charge on any atom is -0.457 e. The lowest BCUT2D eigenvalue weighted by atomic mass is 9.89. The van der Waals surface area contributed by atoms with Gasteiger partial charge in [-0.3, -0.25) is 4.98 Å². The summed E-state index contributed by atoms with van der Waals surface area (Å²) in [5, 5.41) is 9.65. The first-order chi connectivity index (χ1) is 14.9. The average Bonchev–Trinajstić information content (AvgIpc) is 2.68. The predicted octanol–water partition coefficient (Wildman–Crippen LogP) is 5.82. The van der Waals surface area contributed by atoms with Crippen molar-refractivity contribution in [2.45, 2.75) is 50.7 Å². The van der Waals surface area contributed by atoms with Gasteiger partial charge in [-0.05, 0) is 37.1 Å². The number of methoxy groups -OCH3 is 1. The number of rotatable bonds is 9. The second-order valence-electron chi connectivity index (χ2n) is 6.99. The molecule has 1 heterocycles. The normalized spacial score (nSPS) is 13.8. The van der Waals surface area contributed by atoms with Gasteiger partial charge >= 0.3 is 12.4 Å². The summed E-state index contributed by atoms with van der Waals surface area (Å²) >= 11 is 0. The molecule has 0 aliphatic heterocycles. The molecule has 178 valence electrons. The second-order valence-corrected chi connectivity index (χ2v) is 6.99. The van der Waals surface area contributed by atoms with Gasteiger partial charge in [0.25, 0.3) is 5.60 Å². The van der Waals surface area contributed by atoms with Crippen LogP contribution in [0.15, 0.2) is 36.5 Å². The van der Waals surface area contributed by atoms with E-state index in [2.05, 4.69) is 14.5 Å². The molecule has 1 atom stereocenters. The number of aryl methyl sites for hydroxylation is 1. The van der Waals surface area contributed by atoms with E-state index in [1.807, 2.05) is 0 Å². The number of hydrogen-bond donors (Lipinski definition) is 1. The monoisotopic (exact) mass is 467 g/mol. The van der Waals surface area contributed by atoms with Crippen LogP contribution in [0.1, 0.15) is 43.2 Å². The summed E-state index contributed by atoms with van der Waals surface area (Å²) in [7, 11) is 0.924. The highest BCUT2D eigenvalue weighted by Crippen LogP contribution is 2.53. The van der Waals surface area contributed by atoms with E-state index in [0.29, 0.717) is 12.5 Å². The van der Waals surface area contributed by atoms with Crippen LogP contribution in [0.5, 0.6) is 11.5 Å². The second kappa shape index (κ2) is 10.1. The molecule has 0 spiro atoms. The van der Waals surface area contributed by atoms with E-state index in [1.54, 1.807) is 6.92 Å². The number of aromatic nitrogens is 1. The highest BCUT2D eigenvalue weighted by molar-refractivity contribution is 5.43. The minimum atomic E-state index is -5.81. The summed E-state index contributed by atoms with van der Waals surface area (Å²) in [5.41, 5.74) is -5.30. The lowest BCUT2D eigenvalue weighted by Crippen LogP contribution is -2.56. The van der Waals surface area contributed by atoms with Crippen molar-refractivity contribution in [1.29, 1.82) is 0 Å². The molecule has 0 bridgehead atoms. The molecule has 0 fully saturated rings. The minimum absolute atomic E-state index is 0.0725. The van der Waals surface area contributed by atoms with Crippen LogP contribution >= 0.6 is 0 Å². The first-order valence-electron chi connectivity index (χ1n) is 9.59. The van der Waals surface area contributed by atoms with Gasteiger partial charge < -0.3 is 19.3 Å². The van der Waals surface area contributed by atoms with E-state index >= 15 is 0 Å². The molecule has 0 saturated heterocycles. The Bertz CT molecular complexity index is 885. The number of aliphatic hydroxyl groups excluding tert-OH is 1. The number of pyridine rings is 1. The van der Waals surface area contributed by atoms with Crippen LogP contribution in [0, 0.1) is 0 Å². The maximum Gasteiger partial charge on any atom is 0.430 e. The largest absolute Gasteiger partial charge is 0.457 e. The molecule has 5 nitrogen and oxygen atoms in total. The maximum atomic E-state index is 13.8. The number of alkyl halides is 6. The van der Waals surface area contributed by atoms with Gasteiger partial charge in [-0.1, -0.05) is 19.4 Å². The fourth-order valence-electron chi connectivity index (χ4n) is 3.09. The Balaban J connectivity index is 2.59. The van der Waals surface area contributed by atoms with Gasteiger partial charge in [-0.15, -0.1) is 0 Å². The van der Waals surface area contributed by atoms with Crippen LogP contribution in [0.3, 0.4) is 0 Å². The highest BCUT2D eigenvalue weighted by Gasteiger charge is 2.73. The standard InChI is InChI=1S/C21H23F6NO4/c1-4-5-14-10-15(19(20(22,23)24,21(25,26)27)31-12-30-3)6-7-18(14)32-16-8-9-28-17(11-16)13(2)29/h6-11,13,29H,4-5,12H2,1-3H3. The molecule has 1 aromatic carbocycles. The Hall–Kier alpha value is -2.37. The van der Waals surface area contributed by atoms with Crippen LogP contribution in [0.25, 0.3) is 0 Å². The molecule has 0 saturated carbocycles. The average molecular weight is 467 g/mol. The Morgan fingerprint density at radius 2 is 1.69 bits per heavy atom. The SMILES string of the molecule is CCCc1cc(C(OCOC)(C(F)(F)F)C(F)(F)F)ccc1Oc1ccnc(C(C)O)c1. The maximum absolute atomic E-state index is 13.8. The van der Waals surface area contributed by atoms with Gasteiger partial charge in [0.2, 0.25) is 0 Å². The van der Waals surface area contributed by atoms with E-state index in [4.69, 9.17) is 4.74 Å². The number of nitrogens with zero attached hydrogens (tertiary/aromatic N) is 1. The molecule has 0 aliphatic carbocycles. The number of aliphatic hydroxyl groups is 1. The van der Waals surface area contributed by atoms with Crippen molar-refractivity contribution in [2.24, 2.45) is 0 Å². The molecule has 1 unspecified atom stereocenters. The van der Waals surface area contributed by atoms with Gasteiger partial charge in [-0.25, -0.2) is 0 Å². The third-order valence-electron chi connectivity index (χ3n) is 4.59. The van der Waals surface area contributed by atoms with Crippen molar-refractivity contribution in [3.8, 4) is 11.5 Å². The van der Waals surface area contributed by atoms with Gasteiger partial charge in [0.05, 0.1) is 11.8 Å².